The number of nitrogens with zero attached hydrogens (tertiary/aromatic N) is 1. The van der Waals surface area contributed by atoms with Crippen LogP contribution in [0.2, 0.25) is 0 Å². The van der Waals surface area contributed by atoms with Crippen LogP contribution >= 0.6 is 0 Å². The Morgan fingerprint density at radius 3 is 2.08 bits per heavy atom. The summed E-state index contributed by atoms with van der Waals surface area (Å²) in [5.41, 5.74) is 9.48. The summed E-state index contributed by atoms with van der Waals surface area (Å²) >= 11 is 0. The number of fused-ring (bicyclic) bond motifs is 5. The fourth-order valence-electron chi connectivity index (χ4n) is 7.46. The lowest BCUT2D eigenvalue weighted by Crippen LogP contribution is -2.16. The Morgan fingerprint density at radius 2 is 1.17 bits per heavy atom. The van der Waals surface area contributed by atoms with E-state index >= 15 is 0 Å². The van der Waals surface area contributed by atoms with Gasteiger partial charge in [-0.05, 0) is 108 Å². The fourth-order valence-corrected chi connectivity index (χ4v) is 7.46. The normalized spacial score (nSPS) is 14.1. The van der Waals surface area contributed by atoms with Gasteiger partial charge in [-0.25, -0.2) is 0 Å². The van der Waals surface area contributed by atoms with Crippen molar-refractivity contribution in [3.05, 3.63) is 187 Å². The van der Waals surface area contributed by atoms with E-state index in [0.717, 1.165) is 49.6 Å². The van der Waals surface area contributed by atoms with Crippen molar-refractivity contribution in [1.82, 2.24) is 0 Å². The largest absolute Gasteiger partial charge is 0.310 e. The molecule has 0 spiro atoms. The second-order valence-corrected chi connectivity index (χ2v) is 13.1. The summed E-state index contributed by atoms with van der Waals surface area (Å²) in [4.78, 5) is 1.96. The molecule has 1 aliphatic rings. The van der Waals surface area contributed by atoms with Crippen molar-refractivity contribution in [2.45, 2.75) is 19.3 Å². The molecule has 0 bridgehead atoms. The van der Waals surface area contributed by atoms with Gasteiger partial charge in [-0.3, -0.25) is 0 Å². The van der Waals surface area contributed by atoms with E-state index in [0.29, 0.717) is 11.1 Å². The van der Waals surface area contributed by atoms with Gasteiger partial charge in [0.05, 0.1) is 5.48 Å². The van der Waals surface area contributed by atoms with Crippen LogP contribution in [0.5, 0.6) is 0 Å². The predicted octanol–water partition coefficient (Wildman–Crippen LogP) is 13.1. The van der Waals surface area contributed by atoms with E-state index in [1.807, 2.05) is 65.6 Å². The molecular formula is C47H35N. The van der Waals surface area contributed by atoms with Crippen LogP contribution in [0.4, 0.5) is 17.1 Å². The highest BCUT2D eigenvalue weighted by atomic mass is 15.1. The van der Waals surface area contributed by atoms with Crippen molar-refractivity contribution in [3.8, 4) is 33.4 Å². The standard InChI is InChI=1S/C47H35N/c1-47(2)45-23-8-7-21-43(45)44-27-26-40(31-46(44)47)48(38-18-9-16-35(29-38)36-25-24-32-12-3-4-14-34(32)28-36)39-19-10-17-37(30-39)42-22-11-15-33-13-5-6-20-41(33)42/h3-31H,1-2H3/i9D,16D,18D,29D. The Morgan fingerprint density at radius 1 is 0.458 bits per heavy atom. The van der Waals surface area contributed by atoms with Gasteiger partial charge in [0.15, 0.2) is 0 Å². The van der Waals surface area contributed by atoms with E-state index in [4.69, 9.17) is 2.74 Å². The van der Waals surface area contributed by atoms with Crippen LogP contribution in [-0.4, -0.2) is 0 Å². The van der Waals surface area contributed by atoms with Crippen molar-refractivity contribution in [3.63, 3.8) is 0 Å². The quantitative estimate of drug-likeness (QED) is 0.186. The van der Waals surface area contributed by atoms with Gasteiger partial charge in [-0.2, -0.15) is 0 Å². The van der Waals surface area contributed by atoms with Gasteiger partial charge in [0.2, 0.25) is 0 Å². The first-order chi connectivity index (χ1) is 25.2. The van der Waals surface area contributed by atoms with Crippen molar-refractivity contribution in [2.75, 3.05) is 4.90 Å². The molecule has 0 saturated carbocycles. The average Bonchev–Trinajstić information content (AvgIpc) is 3.41. The van der Waals surface area contributed by atoms with Crippen molar-refractivity contribution in [2.24, 2.45) is 0 Å². The Balaban J connectivity index is 1.31. The highest BCUT2D eigenvalue weighted by molar-refractivity contribution is 5.98. The highest BCUT2D eigenvalue weighted by Crippen LogP contribution is 2.51. The molecular weight excluding hydrogens is 579 g/mol. The molecule has 48 heavy (non-hydrogen) atoms. The second kappa shape index (κ2) is 11.1. The topological polar surface area (TPSA) is 3.24 Å². The van der Waals surface area contributed by atoms with E-state index < -0.39 is 0 Å². The summed E-state index contributed by atoms with van der Waals surface area (Å²) in [6.07, 6.45) is 0. The van der Waals surface area contributed by atoms with Crippen LogP contribution in [0, 0.1) is 0 Å². The number of benzene rings is 8. The minimum Gasteiger partial charge on any atom is -0.310 e. The fraction of sp³-hybridized carbons (Fsp3) is 0.0638. The molecule has 0 amide bonds. The third kappa shape index (κ3) is 4.62. The first-order valence-electron chi connectivity index (χ1n) is 18.4. The summed E-state index contributed by atoms with van der Waals surface area (Å²) in [7, 11) is 0. The van der Waals surface area contributed by atoms with Crippen LogP contribution in [-0.2, 0) is 5.41 Å². The highest BCUT2D eigenvalue weighted by Gasteiger charge is 2.35. The minimum absolute atomic E-state index is 0.0416. The van der Waals surface area contributed by atoms with Crippen LogP contribution < -0.4 is 4.90 Å². The summed E-state index contributed by atoms with van der Waals surface area (Å²) in [5.74, 6) is 0. The maximum atomic E-state index is 9.80. The third-order valence-electron chi connectivity index (χ3n) is 9.90. The van der Waals surface area contributed by atoms with Crippen molar-refractivity contribution < 1.29 is 5.48 Å². The Kier molecular flexibility index (Phi) is 5.62. The van der Waals surface area contributed by atoms with E-state index in [1.54, 1.807) is 0 Å². The molecule has 0 aliphatic heterocycles. The summed E-state index contributed by atoms with van der Waals surface area (Å²) in [6, 6.07) is 51.3. The molecule has 8 aromatic carbocycles. The molecule has 0 radical (unpaired) electrons. The lowest BCUT2D eigenvalue weighted by Gasteiger charge is -2.29. The zero-order chi connectivity index (χ0) is 35.7. The van der Waals surface area contributed by atoms with E-state index in [9.17, 15) is 2.74 Å². The molecule has 0 aromatic heterocycles. The lowest BCUT2D eigenvalue weighted by atomic mass is 9.82. The van der Waals surface area contributed by atoms with Crippen molar-refractivity contribution in [1.29, 1.82) is 0 Å². The van der Waals surface area contributed by atoms with Gasteiger partial charge in [0.1, 0.15) is 0 Å². The van der Waals surface area contributed by atoms with Gasteiger partial charge in [0, 0.05) is 22.5 Å². The average molecular weight is 618 g/mol. The molecule has 228 valence electrons. The van der Waals surface area contributed by atoms with Crippen LogP contribution in [0.3, 0.4) is 0 Å². The molecule has 0 saturated heterocycles. The Bertz CT molecular complexity index is 2720. The van der Waals surface area contributed by atoms with Crippen LogP contribution in [0.25, 0.3) is 54.9 Å². The number of hydrogen-bond donors (Lipinski definition) is 0. The summed E-state index contributed by atoms with van der Waals surface area (Å²) in [6.45, 7) is 4.49. The third-order valence-corrected chi connectivity index (χ3v) is 9.90. The Labute approximate surface area is 288 Å². The second-order valence-electron chi connectivity index (χ2n) is 13.1. The summed E-state index contributed by atoms with van der Waals surface area (Å²) in [5, 5.41) is 4.33. The van der Waals surface area contributed by atoms with Crippen LogP contribution in [0.1, 0.15) is 30.5 Å². The maximum absolute atomic E-state index is 9.80. The molecule has 8 aromatic rings. The molecule has 9 rings (SSSR count). The molecule has 0 N–H and O–H groups in total. The molecule has 0 fully saturated rings. The zero-order valence-electron chi connectivity index (χ0n) is 30.9. The molecule has 1 heteroatoms. The number of hydrogen-bond acceptors (Lipinski definition) is 1. The molecule has 0 unspecified atom stereocenters. The maximum Gasteiger partial charge on any atom is 0.0651 e. The molecule has 0 heterocycles. The van der Waals surface area contributed by atoms with Crippen LogP contribution in [0.15, 0.2) is 176 Å². The van der Waals surface area contributed by atoms with E-state index in [-0.39, 0.29) is 35.3 Å². The monoisotopic (exact) mass is 617 g/mol. The molecule has 0 atom stereocenters. The van der Waals surface area contributed by atoms with Crippen molar-refractivity contribution >= 4 is 38.6 Å². The van der Waals surface area contributed by atoms with Gasteiger partial charge in [-0.1, -0.05) is 147 Å². The van der Waals surface area contributed by atoms with Gasteiger partial charge < -0.3 is 4.90 Å². The first kappa shape index (κ1) is 24.3. The molecule has 1 aliphatic carbocycles. The van der Waals surface area contributed by atoms with Gasteiger partial charge >= 0.3 is 0 Å². The summed E-state index contributed by atoms with van der Waals surface area (Å²) < 4.78 is 37.4. The van der Waals surface area contributed by atoms with E-state index in [1.165, 1.54) is 16.7 Å². The minimum atomic E-state index is -0.270. The smallest absolute Gasteiger partial charge is 0.0651 e. The molecule has 1 nitrogen and oxygen atoms in total. The van der Waals surface area contributed by atoms with Gasteiger partial charge in [-0.15, -0.1) is 0 Å². The van der Waals surface area contributed by atoms with E-state index in [2.05, 4.69) is 105 Å². The Hall–Kier alpha value is -5.92. The SMILES string of the molecule is [2H]c1c([2H])c(-c2ccc3ccccc3c2)c([2H])c(N(c2cccc(-c3cccc4ccccc34)c2)c2ccc3c(c2)C(C)(C)c2ccccc2-3)c1[2H]. The predicted molar refractivity (Wildman–Crippen MR) is 205 cm³/mol. The lowest BCUT2D eigenvalue weighted by molar-refractivity contribution is 0.660. The zero-order valence-corrected chi connectivity index (χ0v) is 26.9. The number of rotatable bonds is 5. The number of anilines is 3. The van der Waals surface area contributed by atoms with Gasteiger partial charge in [0.25, 0.3) is 0 Å². The first-order valence-corrected chi connectivity index (χ1v) is 16.4.